The number of benzene rings is 2. The molecule has 0 bridgehead atoms. The number of hydrogen-bond donors (Lipinski definition) is 3. The monoisotopic (exact) mass is 460 g/mol. The molecule has 34 heavy (non-hydrogen) atoms. The summed E-state index contributed by atoms with van der Waals surface area (Å²) in [7, 11) is 3.00. The number of aromatic nitrogens is 3. The predicted octanol–water partition coefficient (Wildman–Crippen LogP) is 2.99. The van der Waals surface area contributed by atoms with Crippen LogP contribution in [-0.2, 0) is 0 Å². The Labute approximate surface area is 193 Å². The van der Waals surface area contributed by atoms with Gasteiger partial charge in [0.25, 0.3) is 5.91 Å². The van der Waals surface area contributed by atoms with Crippen molar-refractivity contribution in [1.29, 1.82) is 10.8 Å². The highest BCUT2D eigenvalue weighted by Crippen LogP contribution is 2.27. The van der Waals surface area contributed by atoms with E-state index in [2.05, 4.69) is 15.4 Å². The molecule has 2 aromatic carbocycles. The summed E-state index contributed by atoms with van der Waals surface area (Å²) in [4.78, 5) is 16.0. The Hall–Kier alpha value is -4.60. The molecule has 0 radical (unpaired) electrons. The molecule has 0 fully saturated rings. The van der Waals surface area contributed by atoms with Crippen LogP contribution in [0.5, 0.6) is 11.5 Å². The van der Waals surface area contributed by atoms with Crippen molar-refractivity contribution in [3.63, 3.8) is 0 Å². The van der Waals surface area contributed by atoms with Crippen molar-refractivity contribution in [2.75, 3.05) is 20.8 Å². The van der Waals surface area contributed by atoms with E-state index in [-0.39, 0.29) is 23.5 Å². The first-order valence-corrected chi connectivity index (χ1v) is 10.2. The first-order chi connectivity index (χ1) is 16.4. The zero-order valence-electron chi connectivity index (χ0n) is 18.4. The molecule has 0 saturated heterocycles. The third kappa shape index (κ3) is 4.46. The number of rotatable bonds is 6. The Morgan fingerprint density at radius 2 is 1.97 bits per heavy atom. The van der Waals surface area contributed by atoms with E-state index >= 15 is 0 Å². The molecule has 4 rings (SSSR count). The summed E-state index contributed by atoms with van der Waals surface area (Å²) < 4.78 is 26.5. The van der Waals surface area contributed by atoms with E-state index in [1.165, 1.54) is 25.2 Å². The van der Waals surface area contributed by atoms with Crippen molar-refractivity contribution in [2.45, 2.75) is 0 Å². The normalized spacial score (nSPS) is 10.7. The Morgan fingerprint density at radius 3 is 2.71 bits per heavy atom. The summed E-state index contributed by atoms with van der Waals surface area (Å²) >= 11 is 0. The highest BCUT2D eigenvalue weighted by molar-refractivity contribution is 5.94. The summed E-state index contributed by atoms with van der Waals surface area (Å²) in [5.41, 5.74) is 1.30. The van der Waals surface area contributed by atoms with Gasteiger partial charge in [-0.2, -0.15) is 9.78 Å². The predicted molar refractivity (Wildman–Crippen MR) is 124 cm³/mol. The third-order valence-electron chi connectivity index (χ3n) is 5.10. The van der Waals surface area contributed by atoms with Gasteiger partial charge in [-0.05, 0) is 42.5 Å². The van der Waals surface area contributed by atoms with Gasteiger partial charge in [-0.3, -0.25) is 20.6 Å². The van der Waals surface area contributed by atoms with Crippen molar-refractivity contribution in [3.8, 4) is 22.8 Å². The van der Waals surface area contributed by atoms with Gasteiger partial charge < -0.3 is 14.8 Å². The zero-order valence-corrected chi connectivity index (χ0v) is 18.4. The standard InChI is InChI=1S/C24H21FN6O3/c1-28-24(32)16-5-3-14(11-18(16)25)19-7-8-22(26)31(30-19)23(27)13-34-21-9-10-29-20-12-15(33-2)4-6-17(20)21/h3-12,26-27H,13H2,1-2H3,(H,28,32). The molecule has 9 nitrogen and oxygen atoms in total. The first kappa shape index (κ1) is 22.6. The van der Waals surface area contributed by atoms with Gasteiger partial charge in [0.1, 0.15) is 29.4 Å². The first-order valence-electron chi connectivity index (χ1n) is 10.2. The number of nitrogens with one attached hydrogen (secondary N) is 3. The Bertz CT molecular complexity index is 1470. The van der Waals surface area contributed by atoms with Crippen LogP contribution in [-0.4, -0.2) is 47.3 Å². The van der Waals surface area contributed by atoms with Gasteiger partial charge in [0.05, 0.1) is 23.9 Å². The van der Waals surface area contributed by atoms with Crippen molar-refractivity contribution in [2.24, 2.45) is 0 Å². The molecule has 2 heterocycles. The minimum absolute atomic E-state index is 0.0378. The van der Waals surface area contributed by atoms with E-state index in [1.54, 1.807) is 43.6 Å². The van der Waals surface area contributed by atoms with Crippen LogP contribution in [0.2, 0.25) is 0 Å². The van der Waals surface area contributed by atoms with Crippen molar-refractivity contribution >= 4 is 22.6 Å². The van der Waals surface area contributed by atoms with Crippen LogP contribution in [0, 0.1) is 16.6 Å². The van der Waals surface area contributed by atoms with Crippen molar-refractivity contribution in [1.82, 2.24) is 20.1 Å². The van der Waals surface area contributed by atoms with E-state index in [4.69, 9.17) is 20.3 Å². The molecule has 10 heteroatoms. The summed E-state index contributed by atoms with van der Waals surface area (Å²) in [6, 6.07) is 14.2. The average molecular weight is 460 g/mol. The third-order valence-corrected chi connectivity index (χ3v) is 5.10. The number of nitrogens with zero attached hydrogens (tertiary/aromatic N) is 3. The highest BCUT2D eigenvalue weighted by atomic mass is 19.1. The van der Waals surface area contributed by atoms with E-state index in [0.29, 0.717) is 28.3 Å². The molecule has 0 aliphatic heterocycles. The van der Waals surface area contributed by atoms with E-state index in [0.717, 1.165) is 10.1 Å². The lowest BCUT2D eigenvalue weighted by molar-refractivity contribution is 0.0959. The molecular weight excluding hydrogens is 439 g/mol. The molecule has 0 atom stereocenters. The number of methoxy groups -OCH3 is 1. The van der Waals surface area contributed by atoms with Crippen LogP contribution >= 0.6 is 0 Å². The van der Waals surface area contributed by atoms with Gasteiger partial charge in [0.2, 0.25) is 0 Å². The summed E-state index contributed by atoms with van der Waals surface area (Å²) in [5.74, 6) is -0.130. The van der Waals surface area contributed by atoms with Crippen LogP contribution in [0.1, 0.15) is 10.4 Å². The molecule has 0 spiro atoms. The van der Waals surface area contributed by atoms with Crippen LogP contribution < -0.4 is 20.3 Å². The highest BCUT2D eigenvalue weighted by Gasteiger charge is 2.14. The summed E-state index contributed by atoms with van der Waals surface area (Å²) in [5, 5.41) is 24.0. The maximum absolute atomic E-state index is 14.4. The number of hydrogen-bond acceptors (Lipinski definition) is 7. The molecule has 0 saturated carbocycles. The molecule has 0 aliphatic carbocycles. The maximum Gasteiger partial charge on any atom is 0.253 e. The number of amides is 1. The van der Waals surface area contributed by atoms with Gasteiger partial charge in [0.15, 0.2) is 5.84 Å². The molecular formula is C24H21FN6O3. The second kappa shape index (κ2) is 9.49. The SMILES string of the molecule is CNC(=O)c1ccc(-c2ccc(=N)n(C(=N)COc3ccnc4cc(OC)ccc34)n2)cc1F. The van der Waals surface area contributed by atoms with Crippen molar-refractivity contribution < 1.29 is 18.7 Å². The largest absolute Gasteiger partial charge is 0.497 e. The lowest BCUT2D eigenvalue weighted by Gasteiger charge is -2.13. The fourth-order valence-electron chi connectivity index (χ4n) is 3.34. The fourth-order valence-corrected chi connectivity index (χ4v) is 3.34. The Morgan fingerprint density at radius 1 is 1.15 bits per heavy atom. The van der Waals surface area contributed by atoms with E-state index < -0.39 is 11.7 Å². The van der Waals surface area contributed by atoms with E-state index in [1.807, 2.05) is 6.07 Å². The fraction of sp³-hybridized carbons (Fsp3) is 0.125. The van der Waals surface area contributed by atoms with Gasteiger partial charge in [-0.25, -0.2) is 4.39 Å². The van der Waals surface area contributed by atoms with Crippen LogP contribution in [0.3, 0.4) is 0 Å². The van der Waals surface area contributed by atoms with Crippen molar-refractivity contribution in [3.05, 3.63) is 77.7 Å². The number of pyridine rings is 1. The lowest BCUT2D eigenvalue weighted by Crippen LogP contribution is -2.32. The second-order valence-corrected chi connectivity index (χ2v) is 7.22. The van der Waals surface area contributed by atoms with Gasteiger partial charge >= 0.3 is 0 Å². The van der Waals surface area contributed by atoms with Crippen LogP contribution in [0.4, 0.5) is 4.39 Å². The Kier molecular flexibility index (Phi) is 6.30. The molecule has 1 amide bonds. The molecule has 0 aliphatic rings. The lowest BCUT2D eigenvalue weighted by atomic mass is 10.1. The van der Waals surface area contributed by atoms with E-state index in [9.17, 15) is 9.18 Å². The zero-order chi connectivity index (χ0) is 24.2. The molecule has 172 valence electrons. The number of carbonyl (C=O) groups is 1. The van der Waals surface area contributed by atoms with Gasteiger partial charge in [-0.15, -0.1) is 0 Å². The van der Waals surface area contributed by atoms with Gasteiger partial charge in [-0.1, -0.05) is 6.07 Å². The minimum Gasteiger partial charge on any atom is -0.497 e. The molecule has 3 N–H and O–H groups in total. The topological polar surface area (TPSA) is 126 Å². The second-order valence-electron chi connectivity index (χ2n) is 7.22. The van der Waals surface area contributed by atoms with Crippen LogP contribution in [0.15, 0.2) is 60.8 Å². The quantitative estimate of drug-likeness (QED) is 0.301. The smallest absolute Gasteiger partial charge is 0.253 e. The Balaban J connectivity index is 1.57. The minimum atomic E-state index is -0.695. The van der Waals surface area contributed by atoms with Crippen LogP contribution in [0.25, 0.3) is 22.2 Å². The maximum atomic E-state index is 14.4. The summed E-state index contributed by atoms with van der Waals surface area (Å²) in [6.45, 7) is -0.165. The average Bonchev–Trinajstić information content (AvgIpc) is 2.86. The molecule has 2 aromatic heterocycles. The number of fused-ring (bicyclic) bond motifs is 1. The molecule has 4 aromatic rings. The summed E-state index contributed by atoms with van der Waals surface area (Å²) in [6.07, 6.45) is 1.60. The molecule has 0 unspecified atom stereocenters. The van der Waals surface area contributed by atoms with Gasteiger partial charge in [0, 0.05) is 30.3 Å². The number of halogens is 1. The number of carbonyl (C=O) groups excluding carboxylic acids is 1. The number of ether oxygens (including phenoxy) is 2.